The van der Waals surface area contributed by atoms with E-state index in [9.17, 15) is 15.0 Å². The van der Waals surface area contributed by atoms with Gasteiger partial charge in [-0.15, -0.1) is 0 Å². The Balaban J connectivity index is 2.28. The predicted molar refractivity (Wildman–Crippen MR) is 84.8 cm³/mol. The first kappa shape index (κ1) is 16.2. The number of hydrogen-bond donors (Lipinski definition) is 2. The summed E-state index contributed by atoms with van der Waals surface area (Å²) in [6.07, 6.45) is 0.283. The molecule has 4 nitrogen and oxygen atoms in total. The van der Waals surface area contributed by atoms with Crippen molar-refractivity contribution in [2.45, 2.75) is 19.3 Å². The van der Waals surface area contributed by atoms with Gasteiger partial charge in [0.25, 0.3) is 0 Å². The molecular formula is C17H17ClO4. The highest BCUT2D eigenvalue weighted by Crippen LogP contribution is 2.29. The van der Waals surface area contributed by atoms with Gasteiger partial charge in [0, 0.05) is 0 Å². The third kappa shape index (κ3) is 3.92. The van der Waals surface area contributed by atoms with E-state index >= 15 is 0 Å². The van der Waals surface area contributed by atoms with Crippen molar-refractivity contribution in [2.75, 3.05) is 6.61 Å². The van der Waals surface area contributed by atoms with Gasteiger partial charge in [-0.25, -0.2) is 0 Å². The molecule has 2 rings (SSSR count). The second-order valence-corrected chi connectivity index (χ2v) is 5.29. The molecule has 5 heteroatoms. The molecule has 1 atom stereocenters. The lowest BCUT2D eigenvalue weighted by molar-refractivity contribution is -0.138. The van der Waals surface area contributed by atoms with Crippen molar-refractivity contribution in [3.8, 4) is 11.5 Å². The van der Waals surface area contributed by atoms with Crippen molar-refractivity contribution >= 4 is 17.6 Å². The summed E-state index contributed by atoms with van der Waals surface area (Å²) in [7, 11) is 0. The molecule has 0 aliphatic rings. The second-order valence-electron chi connectivity index (χ2n) is 4.89. The van der Waals surface area contributed by atoms with Crippen molar-refractivity contribution in [2.24, 2.45) is 0 Å². The Hall–Kier alpha value is -2.20. The third-order valence-corrected chi connectivity index (χ3v) is 3.62. The van der Waals surface area contributed by atoms with Crippen LogP contribution < -0.4 is 4.74 Å². The van der Waals surface area contributed by atoms with Gasteiger partial charge in [-0.05, 0) is 48.7 Å². The number of hydrogen-bond acceptors (Lipinski definition) is 3. The molecule has 2 aromatic carbocycles. The number of carbonyl (C=O) groups is 1. The first-order chi connectivity index (χ1) is 10.5. The van der Waals surface area contributed by atoms with Crippen molar-refractivity contribution in [3.05, 3.63) is 58.6 Å². The molecule has 0 saturated carbocycles. The summed E-state index contributed by atoms with van der Waals surface area (Å²) in [6.45, 7) is 2.40. The standard InChI is InChI=1S/C17H17ClO4/c1-2-22-13-5-3-4-12(10-13)14(17(20)21)8-11-6-7-16(19)15(18)9-11/h3-7,9-10,14,19H,2,8H2,1H3,(H,20,21). The Kier molecular flexibility index (Phi) is 5.28. The monoisotopic (exact) mass is 320 g/mol. The van der Waals surface area contributed by atoms with Crippen LogP contribution in [0, 0.1) is 0 Å². The number of benzene rings is 2. The van der Waals surface area contributed by atoms with E-state index in [0.717, 1.165) is 5.56 Å². The molecule has 0 spiro atoms. The predicted octanol–water partition coefficient (Wildman–Crippen LogP) is 3.86. The Bertz CT molecular complexity index is 669. The maximum Gasteiger partial charge on any atom is 0.311 e. The second kappa shape index (κ2) is 7.18. The number of phenols is 1. The zero-order valence-electron chi connectivity index (χ0n) is 12.1. The molecule has 2 N–H and O–H groups in total. The van der Waals surface area contributed by atoms with Crippen molar-refractivity contribution < 1.29 is 19.7 Å². The molecule has 0 aliphatic heterocycles. The molecule has 2 aromatic rings. The molecule has 0 amide bonds. The van der Waals surface area contributed by atoms with Crippen molar-refractivity contribution in [1.82, 2.24) is 0 Å². The summed E-state index contributed by atoms with van der Waals surface area (Å²) in [4.78, 5) is 11.6. The van der Waals surface area contributed by atoms with Crippen LogP contribution in [0.3, 0.4) is 0 Å². The van der Waals surface area contributed by atoms with Gasteiger partial charge in [-0.1, -0.05) is 29.8 Å². The van der Waals surface area contributed by atoms with Crippen LogP contribution in [0.1, 0.15) is 24.0 Å². The van der Waals surface area contributed by atoms with Crippen LogP contribution in [0.15, 0.2) is 42.5 Å². The quantitative estimate of drug-likeness (QED) is 0.848. The fourth-order valence-corrected chi connectivity index (χ4v) is 2.45. The lowest BCUT2D eigenvalue weighted by Gasteiger charge is -2.14. The maximum atomic E-state index is 11.6. The van der Waals surface area contributed by atoms with E-state index in [1.54, 1.807) is 36.4 Å². The molecule has 0 aliphatic carbocycles. The van der Waals surface area contributed by atoms with Gasteiger partial charge in [0.15, 0.2) is 0 Å². The summed E-state index contributed by atoms with van der Waals surface area (Å²) in [5.74, 6) is -0.996. The van der Waals surface area contributed by atoms with Crippen molar-refractivity contribution in [1.29, 1.82) is 0 Å². The van der Waals surface area contributed by atoms with Crippen LogP contribution >= 0.6 is 11.6 Å². The van der Waals surface area contributed by atoms with E-state index in [2.05, 4.69) is 0 Å². The van der Waals surface area contributed by atoms with Crippen molar-refractivity contribution in [3.63, 3.8) is 0 Å². The van der Waals surface area contributed by atoms with Crippen LogP contribution in [0.2, 0.25) is 5.02 Å². The molecule has 0 radical (unpaired) electrons. The Morgan fingerprint density at radius 1 is 1.27 bits per heavy atom. The van der Waals surface area contributed by atoms with Gasteiger partial charge in [-0.2, -0.15) is 0 Å². The molecule has 22 heavy (non-hydrogen) atoms. The SMILES string of the molecule is CCOc1cccc(C(Cc2ccc(O)c(Cl)c2)C(=O)O)c1. The highest BCUT2D eigenvalue weighted by atomic mass is 35.5. The average Bonchev–Trinajstić information content (AvgIpc) is 2.48. The third-order valence-electron chi connectivity index (χ3n) is 3.32. The normalized spacial score (nSPS) is 11.9. The number of aliphatic carboxylic acids is 1. The minimum Gasteiger partial charge on any atom is -0.506 e. The lowest BCUT2D eigenvalue weighted by Crippen LogP contribution is -2.14. The lowest BCUT2D eigenvalue weighted by atomic mass is 9.92. The first-order valence-corrected chi connectivity index (χ1v) is 7.32. The Labute approximate surface area is 133 Å². The molecule has 0 heterocycles. The molecule has 0 saturated heterocycles. The van der Waals surface area contributed by atoms with E-state index in [1.165, 1.54) is 6.07 Å². The Morgan fingerprint density at radius 2 is 2.05 bits per heavy atom. The van der Waals surface area contributed by atoms with E-state index < -0.39 is 11.9 Å². The first-order valence-electron chi connectivity index (χ1n) is 6.94. The number of carboxylic acid groups (broad SMARTS) is 1. The highest BCUT2D eigenvalue weighted by Gasteiger charge is 2.21. The van der Waals surface area contributed by atoms with Gasteiger partial charge in [0.05, 0.1) is 17.5 Å². The average molecular weight is 321 g/mol. The van der Waals surface area contributed by atoms with Gasteiger partial charge in [0.2, 0.25) is 0 Å². The van der Waals surface area contributed by atoms with Gasteiger partial charge in [-0.3, -0.25) is 4.79 Å². The van der Waals surface area contributed by atoms with Crippen LogP contribution in [-0.4, -0.2) is 22.8 Å². The molecule has 116 valence electrons. The zero-order chi connectivity index (χ0) is 16.1. The minimum absolute atomic E-state index is 0.0179. The van der Waals surface area contributed by atoms with Gasteiger partial charge < -0.3 is 14.9 Å². The van der Waals surface area contributed by atoms with Crippen LogP contribution in [-0.2, 0) is 11.2 Å². The van der Waals surface area contributed by atoms with Crippen LogP contribution in [0.25, 0.3) is 0 Å². The largest absolute Gasteiger partial charge is 0.506 e. The number of halogens is 1. The molecule has 1 unspecified atom stereocenters. The fourth-order valence-electron chi connectivity index (χ4n) is 2.25. The number of aromatic hydroxyl groups is 1. The topological polar surface area (TPSA) is 66.8 Å². The van der Waals surface area contributed by atoms with Crippen LogP contribution in [0.5, 0.6) is 11.5 Å². The number of ether oxygens (including phenoxy) is 1. The fraction of sp³-hybridized carbons (Fsp3) is 0.235. The summed E-state index contributed by atoms with van der Waals surface area (Å²) in [5.41, 5.74) is 1.42. The number of phenolic OH excluding ortho intramolecular Hbond substituents is 1. The zero-order valence-corrected chi connectivity index (χ0v) is 12.9. The highest BCUT2D eigenvalue weighted by molar-refractivity contribution is 6.32. The summed E-state index contributed by atoms with van der Waals surface area (Å²) < 4.78 is 5.41. The maximum absolute atomic E-state index is 11.6. The minimum atomic E-state index is -0.919. The molecular weight excluding hydrogens is 304 g/mol. The van der Waals surface area contributed by atoms with E-state index in [4.69, 9.17) is 16.3 Å². The van der Waals surface area contributed by atoms with E-state index in [1.807, 2.05) is 6.92 Å². The molecule has 0 aromatic heterocycles. The smallest absolute Gasteiger partial charge is 0.311 e. The van der Waals surface area contributed by atoms with Gasteiger partial charge >= 0.3 is 5.97 Å². The van der Waals surface area contributed by atoms with E-state index in [0.29, 0.717) is 17.9 Å². The van der Waals surface area contributed by atoms with Crippen LogP contribution in [0.4, 0.5) is 0 Å². The number of rotatable bonds is 6. The number of carboxylic acids is 1. The van der Waals surface area contributed by atoms with E-state index in [-0.39, 0.29) is 17.2 Å². The molecule has 0 bridgehead atoms. The Morgan fingerprint density at radius 3 is 2.68 bits per heavy atom. The summed E-state index contributed by atoms with van der Waals surface area (Å²) >= 11 is 5.87. The summed E-state index contributed by atoms with van der Waals surface area (Å²) in [6, 6.07) is 11.8. The molecule has 0 fully saturated rings. The summed E-state index contributed by atoms with van der Waals surface area (Å²) in [5, 5.41) is 19.2. The van der Waals surface area contributed by atoms with Gasteiger partial charge in [0.1, 0.15) is 11.5 Å².